The number of hydrogen-bond acceptors (Lipinski definition) is 4. The molecule has 0 radical (unpaired) electrons. The maximum atomic E-state index is 12.6. The summed E-state index contributed by atoms with van der Waals surface area (Å²) >= 11 is 0. The first-order valence-corrected chi connectivity index (χ1v) is 11.6. The summed E-state index contributed by atoms with van der Waals surface area (Å²) in [5.41, 5.74) is 0.442. The van der Waals surface area contributed by atoms with Crippen LogP contribution in [0.2, 0.25) is 0 Å². The second-order valence-corrected chi connectivity index (χ2v) is 8.87. The number of H-pyrrole nitrogens is 1. The number of aromatic amines is 1. The molecule has 2 aliphatic carbocycles. The normalized spacial score (nSPS) is 18.2. The summed E-state index contributed by atoms with van der Waals surface area (Å²) in [7, 11) is 0. The van der Waals surface area contributed by atoms with Crippen LogP contribution in [0.15, 0.2) is 9.59 Å². The maximum Gasteiger partial charge on any atom is 0.330 e. The van der Waals surface area contributed by atoms with E-state index in [1.54, 1.807) is 4.57 Å². The highest BCUT2D eigenvalue weighted by atomic mass is 16.2. The van der Waals surface area contributed by atoms with Crippen molar-refractivity contribution in [3.8, 4) is 0 Å². The van der Waals surface area contributed by atoms with E-state index in [9.17, 15) is 9.59 Å². The van der Waals surface area contributed by atoms with E-state index >= 15 is 0 Å². The molecule has 2 saturated carbocycles. The van der Waals surface area contributed by atoms with Crippen LogP contribution in [0.4, 0.5) is 0 Å². The highest BCUT2D eigenvalue weighted by Gasteiger charge is 2.32. The Bertz CT molecular complexity index is 946. The van der Waals surface area contributed by atoms with Crippen molar-refractivity contribution in [2.75, 3.05) is 6.54 Å². The molecular formula is C22H35N5O2. The molecule has 7 heteroatoms. The van der Waals surface area contributed by atoms with E-state index in [1.807, 2.05) is 11.5 Å². The van der Waals surface area contributed by atoms with E-state index in [0.717, 1.165) is 37.7 Å². The molecule has 0 bridgehead atoms. The molecular weight excluding hydrogens is 366 g/mol. The minimum atomic E-state index is -0.343. The molecule has 1 N–H and O–H groups in total. The Labute approximate surface area is 172 Å². The first kappa shape index (κ1) is 20.4. The Morgan fingerprint density at radius 1 is 1.07 bits per heavy atom. The summed E-state index contributed by atoms with van der Waals surface area (Å²) in [5.74, 6) is 1.71. The van der Waals surface area contributed by atoms with E-state index in [0.29, 0.717) is 30.3 Å². The lowest BCUT2D eigenvalue weighted by Crippen LogP contribution is -2.33. The van der Waals surface area contributed by atoms with Gasteiger partial charge in [-0.15, -0.1) is 0 Å². The van der Waals surface area contributed by atoms with Crippen molar-refractivity contribution in [2.24, 2.45) is 5.92 Å². The van der Waals surface area contributed by atoms with Crippen molar-refractivity contribution in [1.29, 1.82) is 0 Å². The van der Waals surface area contributed by atoms with Crippen LogP contribution >= 0.6 is 0 Å². The van der Waals surface area contributed by atoms with E-state index in [2.05, 4.69) is 16.8 Å². The molecule has 4 rings (SSSR count). The number of imidazole rings is 1. The third-order valence-corrected chi connectivity index (χ3v) is 6.64. The Morgan fingerprint density at radius 2 is 1.83 bits per heavy atom. The molecule has 0 unspecified atom stereocenters. The van der Waals surface area contributed by atoms with Gasteiger partial charge in [-0.25, -0.2) is 9.78 Å². The lowest BCUT2D eigenvalue weighted by atomic mass is 9.89. The summed E-state index contributed by atoms with van der Waals surface area (Å²) in [6.45, 7) is 7.33. The van der Waals surface area contributed by atoms with Crippen molar-refractivity contribution in [3.63, 3.8) is 0 Å². The van der Waals surface area contributed by atoms with Crippen LogP contribution in [0.3, 0.4) is 0 Å². The van der Waals surface area contributed by atoms with Gasteiger partial charge in [-0.2, -0.15) is 0 Å². The summed E-state index contributed by atoms with van der Waals surface area (Å²) in [6, 6.07) is 0.655. The second kappa shape index (κ2) is 8.86. The minimum Gasteiger partial charge on any atom is -0.321 e. The summed E-state index contributed by atoms with van der Waals surface area (Å²) in [5, 5.41) is 0. The van der Waals surface area contributed by atoms with Gasteiger partial charge >= 0.3 is 5.69 Å². The number of nitrogens with zero attached hydrogens (tertiary/aromatic N) is 4. The van der Waals surface area contributed by atoms with Crippen LogP contribution in [0.5, 0.6) is 0 Å². The van der Waals surface area contributed by atoms with Crippen molar-refractivity contribution < 1.29 is 0 Å². The molecule has 2 aromatic heterocycles. The molecule has 0 saturated heterocycles. The standard InChI is InChI=1S/C22H35N5O2/c1-3-5-13-27-20-19(21(28)24-22(27)29)26(4-2)18(23-20)15-25(17-11-12-17)14-16-9-7-6-8-10-16/h16-17H,3-15H2,1-2H3,(H,24,28,29). The SMILES string of the molecule is CCCCn1c(=O)[nH]c(=O)c2c1nc(CN(CC1CCCCC1)C1CC1)n2CC. The summed E-state index contributed by atoms with van der Waals surface area (Å²) in [6.07, 6.45) is 11.2. The average molecular weight is 402 g/mol. The van der Waals surface area contributed by atoms with Gasteiger partial charge in [0.2, 0.25) is 0 Å². The Kier molecular flexibility index (Phi) is 6.23. The summed E-state index contributed by atoms with van der Waals surface area (Å²) in [4.78, 5) is 35.0. The molecule has 0 aliphatic heterocycles. The predicted molar refractivity (Wildman–Crippen MR) is 115 cm³/mol. The van der Waals surface area contributed by atoms with Crippen LogP contribution in [0, 0.1) is 5.92 Å². The van der Waals surface area contributed by atoms with Crippen molar-refractivity contribution in [3.05, 3.63) is 26.7 Å². The van der Waals surface area contributed by atoms with Gasteiger partial charge in [0, 0.05) is 25.7 Å². The van der Waals surface area contributed by atoms with Crippen LogP contribution in [0.25, 0.3) is 11.2 Å². The van der Waals surface area contributed by atoms with Gasteiger partial charge in [-0.1, -0.05) is 32.6 Å². The van der Waals surface area contributed by atoms with Crippen LogP contribution < -0.4 is 11.2 Å². The smallest absolute Gasteiger partial charge is 0.321 e. The number of aryl methyl sites for hydroxylation is 2. The van der Waals surface area contributed by atoms with Gasteiger partial charge in [-0.05, 0) is 44.9 Å². The molecule has 7 nitrogen and oxygen atoms in total. The van der Waals surface area contributed by atoms with Gasteiger partial charge in [0.1, 0.15) is 5.82 Å². The van der Waals surface area contributed by atoms with Crippen molar-refractivity contribution >= 4 is 11.2 Å². The lowest BCUT2D eigenvalue weighted by Gasteiger charge is -2.29. The lowest BCUT2D eigenvalue weighted by molar-refractivity contribution is 0.180. The molecule has 0 amide bonds. The van der Waals surface area contributed by atoms with Crippen LogP contribution in [0.1, 0.15) is 77.5 Å². The zero-order valence-corrected chi connectivity index (χ0v) is 18.0. The zero-order valence-electron chi connectivity index (χ0n) is 18.0. The zero-order chi connectivity index (χ0) is 20.4. The number of nitrogens with one attached hydrogen (secondary N) is 1. The van der Waals surface area contributed by atoms with Crippen molar-refractivity contribution in [1.82, 2.24) is 24.0 Å². The third-order valence-electron chi connectivity index (χ3n) is 6.64. The molecule has 160 valence electrons. The number of fused-ring (bicyclic) bond motifs is 1. The van der Waals surface area contributed by atoms with Crippen LogP contribution in [-0.4, -0.2) is 36.6 Å². The fraction of sp³-hybridized carbons (Fsp3) is 0.773. The molecule has 0 aromatic carbocycles. The third kappa shape index (κ3) is 4.34. The number of hydrogen-bond donors (Lipinski definition) is 1. The molecule has 2 aliphatic rings. The number of unbranched alkanes of at least 4 members (excludes halogenated alkanes) is 1. The molecule has 0 spiro atoms. The first-order valence-electron chi connectivity index (χ1n) is 11.6. The van der Waals surface area contributed by atoms with Gasteiger partial charge in [0.25, 0.3) is 5.56 Å². The monoisotopic (exact) mass is 401 g/mol. The fourth-order valence-electron chi connectivity index (χ4n) is 4.87. The minimum absolute atomic E-state index is 0.316. The number of rotatable bonds is 9. The molecule has 29 heavy (non-hydrogen) atoms. The molecule has 2 fully saturated rings. The predicted octanol–water partition coefficient (Wildman–Crippen LogP) is 3.25. The fourth-order valence-corrected chi connectivity index (χ4v) is 4.87. The number of aromatic nitrogens is 4. The highest BCUT2D eigenvalue weighted by molar-refractivity contribution is 5.71. The Balaban J connectivity index is 1.67. The topological polar surface area (TPSA) is 75.9 Å². The van der Waals surface area contributed by atoms with E-state index < -0.39 is 0 Å². The highest BCUT2D eigenvalue weighted by Crippen LogP contribution is 2.32. The maximum absolute atomic E-state index is 12.6. The molecule has 0 atom stereocenters. The quantitative estimate of drug-likeness (QED) is 0.700. The average Bonchev–Trinajstić information content (AvgIpc) is 3.50. The molecule has 2 heterocycles. The van der Waals surface area contributed by atoms with E-state index in [4.69, 9.17) is 4.98 Å². The Morgan fingerprint density at radius 3 is 2.48 bits per heavy atom. The van der Waals surface area contributed by atoms with Gasteiger partial charge in [-0.3, -0.25) is 19.2 Å². The molecule has 2 aromatic rings. The van der Waals surface area contributed by atoms with Crippen LogP contribution in [-0.2, 0) is 19.6 Å². The van der Waals surface area contributed by atoms with E-state index in [1.165, 1.54) is 44.9 Å². The van der Waals surface area contributed by atoms with Gasteiger partial charge in [0.05, 0.1) is 6.54 Å². The first-order chi connectivity index (χ1) is 14.1. The van der Waals surface area contributed by atoms with E-state index in [-0.39, 0.29) is 11.2 Å². The summed E-state index contributed by atoms with van der Waals surface area (Å²) < 4.78 is 3.67. The largest absolute Gasteiger partial charge is 0.330 e. The van der Waals surface area contributed by atoms with Gasteiger partial charge < -0.3 is 4.57 Å². The second-order valence-electron chi connectivity index (χ2n) is 8.87. The van der Waals surface area contributed by atoms with Crippen molar-refractivity contribution in [2.45, 2.75) is 97.3 Å². The Hall–Kier alpha value is -1.89. The van der Waals surface area contributed by atoms with Gasteiger partial charge in [0.15, 0.2) is 11.2 Å².